The minimum absolute atomic E-state index is 0.0937. The van der Waals surface area contributed by atoms with Crippen LogP contribution in [0.5, 0.6) is 11.5 Å². The van der Waals surface area contributed by atoms with Gasteiger partial charge in [0.1, 0.15) is 30.5 Å². The fourth-order valence-corrected chi connectivity index (χ4v) is 2.93. The summed E-state index contributed by atoms with van der Waals surface area (Å²) in [6.07, 6.45) is 0. The molecule has 2 aromatic carbocycles. The van der Waals surface area contributed by atoms with E-state index in [1.54, 1.807) is 7.11 Å². The van der Waals surface area contributed by atoms with Crippen molar-refractivity contribution in [1.82, 2.24) is 25.4 Å². The highest BCUT2D eigenvalue weighted by Gasteiger charge is 2.09. The zero-order valence-electron chi connectivity index (χ0n) is 18.5. The van der Waals surface area contributed by atoms with Crippen LogP contribution in [0.3, 0.4) is 0 Å². The Labute approximate surface area is 183 Å². The molecule has 0 bridgehead atoms. The van der Waals surface area contributed by atoms with Crippen molar-refractivity contribution in [2.24, 2.45) is 12.0 Å². The molecule has 1 unspecified atom stereocenters. The molecular weight excluding hydrogens is 392 g/mol. The lowest BCUT2D eigenvalue weighted by Crippen LogP contribution is -2.40. The molecule has 1 aromatic heterocycles. The lowest BCUT2D eigenvalue weighted by atomic mass is 10.1. The van der Waals surface area contributed by atoms with E-state index in [0.717, 1.165) is 23.1 Å². The number of nitrogens with zero attached hydrogens (tertiary/aromatic N) is 4. The number of methoxy groups -OCH3 is 1. The van der Waals surface area contributed by atoms with E-state index >= 15 is 0 Å². The molecule has 3 aromatic rings. The van der Waals surface area contributed by atoms with Gasteiger partial charge in [-0.2, -0.15) is 0 Å². The number of ether oxygens (including phenoxy) is 2. The van der Waals surface area contributed by atoms with Crippen LogP contribution in [0, 0.1) is 6.92 Å². The molecule has 0 spiro atoms. The van der Waals surface area contributed by atoms with Gasteiger partial charge in [0, 0.05) is 7.05 Å². The molecule has 0 radical (unpaired) electrons. The molecule has 0 saturated carbocycles. The van der Waals surface area contributed by atoms with Crippen LogP contribution < -0.4 is 20.1 Å². The summed E-state index contributed by atoms with van der Waals surface area (Å²) in [4.78, 5) is 4.70. The first-order valence-corrected chi connectivity index (χ1v) is 10.3. The molecule has 0 amide bonds. The molecule has 164 valence electrons. The second kappa shape index (κ2) is 11.0. The third-order valence-corrected chi connectivity index (χ3v) is 4.94. The van der Waals surface area contributed by atoms with E-state index < -0.39 is 0 Å². The Balaban J connectivity index is 1.60. The average Bonchev–Trinajstić information content (AvgIpc) is 3.13. The molecule has 3 rings (SSSR count). The van der Waals surface area contributed by atoms with Crippen LogP contribution >= 0.6 is 0 Å². The molecule has 0 fully saturated rings. The third kappa shape index (κ3) is 6.47. The van der Waals surface area contributed by atoms with Gasteiger partial charge in [0.05, 0.1) is 19.7 Å². The van der Waals surface area contributed by atoms with Crippen LogP contribution in [0.2, 0.25) is 0 Å². The summed E-state index contributed by atoms with van der Waals surface area (Å²) in [5, 5.41) is 15.1. The number of guanidine groups is 1. The summed E-state index contributed by atoms with van der Waals surface area (Å²) in [5.74, 6) is 3.95. The van der Waals surface area contributed by atoms with Gasteiger partial charge in [-0.3, -0.25) is 0 Å². The van der Waals surface area contributed by atoms with E-state index in [0.29, 0.717) is 25.7 Å². The van der Waals surface area contributed by atoms with E-state index in [9.17, 15) is 0 Å². The van der Waals surface area contributed by atoms with Crippen LogP contribution in [0.4, 0.5) is 0 Å². The Morgan fingerprint density at radius 2 is 1.77 bits per heavy atom. The molecule has 0 aliphatic carbocycles. The smallest absolute Gasteiger partial charge is 0.192 e. The maximum absolute atomic E-state index is 5.80. The van der Waals surface area contributed by atoms with Crippen molar-refractivity contribution in [2.45, 2.75) is 26.4 Å². The first-order valence-electron chi connectivity index (χ1n) is 10.3. The SMILES string of the molecule is COc1ccc(OCCNC(=NCc2nnc(C)n2C)NC(C)c2ccccc2)cc1. The maximum Gasteiger partial charge on any atom is 0.192 e. The van der Waals surface area contributed by atoms with Crippen molar-refractivity contribution in [3.05, 3.63) is 71.8 Å². The van der Waals surface area contributed by atoms with Crippen molar-refractivity contribution >= 4 is 5.96 Å². The fraction of sp³-hybridized carbons (Fsp3) is 0.348. The zero-order valence-corrected chi connectivity index (χ0v) is 18.5. The summed E-state index contributed by atoms with van der Waals surface area (Å²) in [6, 6.07) is 17.9. The van der Waals surface area contributed by atoms with Gasteiger partial charge in [-0.1, -0.05) is 30.3 Å². The van der Waals surface area contributed by atoms with Crippen LogP contribution in [-0.2, 0) is 13.6 Å². The molecular formula is C23H30N6O2. The Kier molecular flexibility index (Phi) is 7.86. The fourth-order valence-electron chi connectivity index (χ4n) is 2.93. The minimum atomic E-state index is 0.0937. The number of hydrogen-bond donors (Lipinski definition) is 2. The van der Waals surface area contributed by atoms with Crippen LogP contribution in [0.1, 0.15) is 30.2 Å². The maximum atomic E-state index is 5.80. The predicted molar refractivity (Wildman–Crippen MR) is 121 cm³/mol. The predicted octanol–water partition coefficient (Wildman–Crippen LogP) is 3.01. The third-order valence-electron chi connectivity index (χ3n) is 4.94. The molecule has 2 N–H and O–H groups in total. The van der Waals surface area contributed by atoms with Gasteiger partial charge < -0.3 is 24.7 Å². The van der Waals surface area contributed by atoms with Gasteiger partial charge in [0.15, 0.2) is 11.8 Å². The highest BCUT2D eigenvalue weighted by molar-refractivity contribution is 5.80. The van der Waals surface area contributed by atoms with Gasteiger partial charge in [0.25, 0.3) is 0 Å². The molecule has 8 nitrogen and oxygen atoms in total. The van der Waals surface area contributed by atoms with Crippen LogP contribution in [0.25, 0.3) is 0 Å². The molecule has 0 saturated heterocycles. The van der Waals surface area contributed by atoms with Crippen LogP contribution in [0.15, 0.2) is 59.6 Å². The van der Waals surface area contributed by atoms with E-state index in [-0.39, 0.29) is 6.04 Å². The quantitative estimate of drug-likeness (QED) is 0.313. The standard InChI is InChI=1S/C23H30N6O2/c1-17(19-8-6-5-7-9-19)26-23(25-16-22-28-27-18(2)29(22)3)24-14-15-31-21-12-10-20(30-4)11-13-21/h5-13,17H,14-16H2,1-4H3,(H2,24,25,26). The summed E-state index contributed by atoms with van der Waals surface area (Å²) in [7, 11) is 3.59. The summed E-state index contributed by atoms with van der Waals surface area (Å²) in [5.41, 5.74) is 1.18. The molecule has 8 heteroatoms. The lowest BCUT2D eigenvalue weighted by molar-refractivity contribution is 0.320. The highest BCUT2D eigenvalue weighted by atomic mass is 16.5. The summed E-state index contributed by atoms with van der Waals surface area (Å²) >= 11 is 0. The first kappa shape index (κ1) is 22.1. The topological polar surface area (TPSA) is 85.6 Å². The van der Waals surface area contributed by atoms with E-state index in [4.69, 9.17) is 14.5 Å². The summed E-state index contributed by atoms with van der Waals surface area (Å²) in [6.45, 7) is 5.54. The first-order chi connectivity index (χ1) is 15.1. The number of aromatic nitrogens is 3. The second-order valence-electron chi connectivity index (χ2n) is 7.11. The molecule has 31 heavy (non-hydrogen) atoms. The highest BCUT2D eigenvalue weighted by Crippen LogP contribution is 2.16. The van der Waals surface area contributed by atoms with Gasteiger partial charge >= 0.3 is 0 Å². The average molecular weight is 423 g/mol. The number of benzene rings is 2. The Morgan fingerprint density at radius 3 is 2.42 bits per heavy atom. The van der Waals surface area contributed by atoms with Crippen molar-refractivity contribution in [3.63, 3.8) is 0 Å². The Hall–Kier alpha value is -3.55. The lowest BCUT2D eigenvalue weighted by Gasteiger charge is -2.19. The largest absolute Gasteiger partial charge is 0.497 e. The molecule has 0 aliphatic heterocycles. The number of aryl methyl sites for hydroxylation is 1. The Morgan fingerprint density at radius 1 is 1.06 bits per heavy atom. The van der Waals surface area contributed by atoms with Gasteiger partial charge in [-0.25, -0.2) is 4.99 Å². The van der Waals surface area contributed by atoms with Gasteiger partial charge in [-0.15, -0.1) is 10.2 Å². The van der Waals surface area contributed by atoms with Gasteiger partial charge in [-0.05, 0) is 43.7 Å². The monoisotopic (exact) mass is 422 g/mol. The molecule has 0 aliphatic rings. The second-order valence-corrected chi connectivity index (χ2v) is 7.11. The molecule has 1 atom stereocenters. The van der Waals surface area contributed by atoms with Crippen molar-refractivity contribution in [3.8, 4) is 11.5 Å². The normalized spacial score (nSPS) is 12.3. The zero-order chi connectivity index (χ0) is 22.1. The number of nitrogens with one attached hydrogen (secondary N) is 2. The van der Waals surface area contributed by atoms with Gasteiger partial charge in [0.2, 0.25) is 0 Å². The van der Waals surface area contributed by atoms with E-state index in [1.165, 1.54) is 5.56 Å². The van der Waals surface area contributed by atoms with Crippen LogP contribution in [-0.4, -0.2) is 41.0 Å². The summed E-state index contributed by atoms with van der Waals surface area (Å²) < 4.78 is 12.9. The number of aliphatic imine (C=N–C) groups is 1. The Bertz CT molecular complexity index is 969. The number of rotatable bonds is 9. The molecule has 1 heterocycles. The van der Waals surface area contributed by atoms with E-state index in [1.807, 2.05) is 61.0 Å². The minimum Gasteiger partial charge on any atom is -0.497 e. The van der Waals surface area contributed by atoms with Crippen molar-refractivity contribution < 1.29 is 9.47 Å². The van der Waals surface area contributed by atoms with Crippen molar-refractivity contribution in [2.75, 3.05) is 20.3 Å². The van der Waals surface area contributed by atoms with Crippen molar-refractivity contribution in [1.29, 1.82) is 0 Å². The van der Waals surface area contributed by atoms with E-state index in [2.05, 4.69) is 39.9 Å². The number of hydrogen-bond acceptors (Lipinski definition) is 5.